The van der Waals surface area contributed by atoms with Gasteiger partial charge in [0, 0.05) is 13.0 Å². The van der Waals surface area contributed by atoms with E-state index >= 15 is 0 Å². The Morgan fingerprint density at radius 2 is 2.00 bits per heavy atom. The molecule has 0 atom stereocenters. The fraction of sp³-hybridized carbons (Fsp3) is 0.611. The number of hydrogen-bond donors (Lipinski definition) is 1. The van der Waals surface area contributed by atoms with Gasteiger partial charge in [-0.1, -0.05) is 6.07 Å². The summed E-state index contributed by atoms with van der Waals surface area (Å²) in [4.78, 5) is 13.6. The summed E-state index contributed by atoms with van der Waals surface area (Å²) < 4.78 is 41.7. The van der Waals surface area contributed by atoms with Gasteiger partial charge in [-0.2, -0.15) is 0 Å². The van der Waals surface area contributed by atoms with Gasteiger partial charge in [0.2, 0.25) is 0 Å². The summed E-state index contributed by atoms with van der Waals surface area (Å²) in [5.74, 6) is -3.82. The summed E-state index contributed by atoms with van der Waals surface area (Å²) in [5, 5.41) is 3.27. The maximum atomic E-state index is 14.6. The van der Waals surface area contributed by atoms with Crippen LogP contribution in [0.3, 0.4) is 0 Å². The van der Waals surface area contributed by atoms with Crippen molar-refractivity contribution in [1.29, 1.82) is 0 Å². The fourth-order valence-electron chi connectivity index (χ4n) is 3.73. The lowest BCUT2D eigenvalue weighted by atomic mass is 9.88. The van der Waals surface area contributed by atoms with Crippen molar-refractivity contribution < 1.29 is 18.0 Å². The van der Waals surface area contributed by atoms with Crippen molar-refractivity contribution in [3.05, 3.63) is 34.6 Å². The minimum absolute atomic E-state index is 0.0645. The molecule has 2 saturated heterocycles. The van der Waals surface area contributed by atoms with Crippen LogP contribution in [-0.2, 0) is 0 Å². The predicted molar refractivity (Wildman–Crippen MR) is 86.1 cm³/mol. The molecule has 24 heavy (non-hydrogen) atoms. The molecule has 132 valence electrons. The van der Waals surface area contributed by atoms with Gasteiger partial charge >= 0.3 is 0 Å². The van der Waals surface area contributed by atoms with E-state index in [0.717, 1.165) is 36.4 Å². The zero-order chi connectivity index (χ0) is 17.3. The van der Waals surface area contributed by atoms with Gasteiger partial charge in [-0.25, -0.2) is 13.2 Å². The monoisotopic (exact) mass is 340 g/mol. The van der Waals surface area contributed by atoms with Crippen LogP contribution in [0.2, 0.25) is 0 Å². The van der Waals surface area contributed by atoms with E-state index in [0.29, 0.717) is 5.56 Å². The summed E-state index contributed by atoms with van der Waals surface area (Å²) in [6.07, 6.45) is 1.90. The standard InChI is InChI=1S/C18H23F3N2O/c1-12-9-14(13-3-6-22-7-4-13)10-15(19)16(12)17(24)23-8-2-5-18(20,21)11-23/h9-10,13,22H,2-8,11H2,1H3. The molecule has 1 amide bonds. The molecule has 3 rings (SSSR count). The van der Waals surface area contributed by atoms with Gasteiger partial charge in [0.1, 0.15) is 5.82 Å². The van der Waals surface area contributed by atoms with E-state index < -0.39 is 24.2 Å². The average molecular weight is 340 g/mol. The second-order valence-corrected chi connectivity index (χ2v) is 6.91. The molecule has 6 heteroatoms. The zero-order valence-electron chi connectivity index (χ0n) is 13.9. The summed E-state index contributed by atoms with van der Waals surface area (Å²) in [5.41, 5.74) is 1.36. The molecule has 2 aliphatic heterocycles. The van der Waals surface area contributed by atoms with Crippen molar-refractivity contribution in [2.24, 2.45) is 0 Å². The Hall–Kier alpha value is -1.56. The molecule has 2 heterocycles. The third-order valence-electron chi connectivity index (χ3n) is 5.01. The molecule has 0 radical (unpaired) electrons. The predicted octanol–water partition coefficient (Wildman–Crippen LogP) is 3.47. The second-order valence-electron chi connectivity index (χ2n) is 6.91. The lowest BCUT2D eigenvalue weighted by Gasteiger charge is -2.33. The lowest BCUT2D eigenvalue weighted by Crippen LogP contribution is -2.46. The number of alkyl halides is 2. The normalized spacial score (nSPS) is 21.8. The quantitative estimate of drug-likeness (QED) is 0.894. The van der Waals surface area contributed by atoms with Gasteiger partial charge in [0.05, 0.1) is 12.1 Å². The highest BCUT2D eigenvalue weighted by Crippen LogP contribution is 2.31. The van der Waals surface area contributed by atoms with Gasteiger partial charge in [0.15, 0.2) is 0 Å². The van der Waals surface area contributed by atoms with Gasteiger partial charge in [-0.15, -0.1) is 0 Å². The van der Waals surface area contributed by atoms with Crippen LogP contribution >= 0.6 is 0 Å². The summed E-state index contributed by atoms with van der Waals surface area (Å²) >= 11 is 0. The number of piperidine rings is 2. The topological polar surface area (TPSA) is 32.3 Å². The van der Waals surface area contributed by atoms with E-state index in [2.05, 4.69) is 5.32 Å². The van der Waals surface area contributed by atoms with Gasteiger partial charge in [0.25, 0.3) is 11.8 Å². The maximum absolute atomic E-state index is 14.6. The van der Waals surface area contributed by atoms with Crippen molar-refractivity contribution in [3.8, 4) is 0 Å². The number of nitrogens with zero attached hydrogens (tertiary/aromatic N) is 1. The smallest absolute Gasteiger partial charge is 0.265 e. The van der Waals surface area contributed by atoms with Crippen LogP contribution in [0.25, 0.3) is 0 Å². The van der Waals surface area contributed by atoms with Crippen LogP contribution < -0.4 is 5.32 Å². The van der Waals surface area contributed by atoms with Crippen LogP contribution in [0.5, 0.6) is 0 Å². The number of benzene rings is 1. The number of carbonyl (C=O) groups excluding carboxylic acids is 1. The van der Waals surface area contributed by atoms with Crippen molar-refractivity contribution in [2.45, 2.75) is 44.4 Å². The van der Waals surface area contributed by atoms with Crippen molar-refractivity contribution in [1.82, 2.24) is 10.2 Å². The molecule has 1 aromatic carbocycles. The lowest BCUT2D eigenvalue weighted by molar-refractivity contribution is -0.0561. The number of rotatable bonds is 2. The molecule has 3 nitrogen and oxygen atoms in total. The first-order valence-corrected chi connectivity index (χ1v) is 8.55. The van der Waals surface area contributed by atoms with Crippen molar-refractivity contribution in [3.63, 3.8) is 0 Å². The Balaban J connectivity index is 1.84. The highest BCUT2D eigenvalue weighted by atomic mass is 19.3. The largest absolute Gasteiger partial charge is 0.333 e. The van der Waals surface area contributed by atoms with Gasteiger partial charge < -0.3 is 10.2 Å². The molecule has 2 aliphatic rings. The van der Waals surface area contributed by atoms with Crippen LogP contribution in [0.1, 0.15) is 53.1 Å². The van der Waals surface area contributed by atoms with E-state index in [1.807, 2.05) is 6.07 Å². The summed E-state index contributed by atoms with van der Waals surface area (Å²) in [6, 6.07) is 3.26. The molecule has 0 aromatic heterocycles. The number of carbonyl (C=O) groups is 1. The highest BCUT2D eigenvalue weighted by Gasteiger charge is 2.38. The number of aryl methyl sites for hydroxylation is 1. The van der Waals surface area contributed by atoms with E-state index in [-0.39, 0.29) is 30.9 Å². The first kappa shape index (κ1) is 17.3. The third-order valence-corrected chi connectivity index (χ3v) is 5.01. The Morgan fingerprint density at radius 1 is 1.29 bits per heavy atom. The molecule has 0 spiro atoms. The van der Waals surface area contributed by atoms with Gasteiger partial charge in [-0.05, 0) is 62.4 Å². The van der Waals surface area contributed by atoms with Crippen LogP contribution in [0.15, 0.2) is 12.1 Å². The molecular formula is C18H23F3N2O. The first-order valence-electron chi connectivity index (χ1n) is 8.55. The highest BCUT2D eigenvalue weighted by molar-refractivity contribution is 5.96. The molecule has 0 saturated carbocycles. The molecule has 1 N–H and O–H groups in total. The zero-order valence-corrected chi connectivity index (χ0v) is 13.9. The summed E-state index contributed by atoms with van der Waals surface area (Å²) in [6.45, 7) is 3.11. The van der Waals surface area contributed by atoms with Crippen LogP contribution in [0, 0.1) is 12.7 Å². The molecule has 0 unspecified atom stereocenters. The Labute approximate surface area is 140 Å². The third kappa shape index (κ3) is 3.58. The molecule has 0 bridgehead atoms. The van der Waals surface area contributed by atoms with E-state index in [4.69, 9.17) is 0 Å². The number of likely N-dealkylation sites (tertiary alicyclic amines) is 1. The number of hydrogen-bond acceptors (Lipinski definition) is 2. The minimum atomic E-state index is -2.88. The molecular weight excluding hydrogens is 317 g/mol. The minimum Gasteiger partial charge on any atom is -0.333 e. The van der Waals surface area contributed by atoms with Gasteiger partial charge in [-0.3, -0.25) is 4.79 Å². The first-order chi connectivity index (χ1) is 11.4. The average Bonchev–Trinajstić information content (AvgIpc) is 2.54. The van der Waals surface area contributed by atoms with E-state index in [9.17, 15) is 18.0 Å². The molecule has 0 aliphatic carbocycles. The molecule has 1 aromatic rings. The van der Waals surface area contributed by atoms with Crippen LogP contribution in [0.4, 0.5) is 13.2 Å². The second kappa shape index (κ2) is 6.75. The SMILES string of the molecule is Cc1cc(C2CCNCC2)cc(F)c1C(=O)N1CCCC(F)(F)C1. The van der Waals surface area contributed by atoms with Crippen molar-refractivity contribution >= 4 is 5.91 Å². The summed E-state index contributed by atoms with van der Waals surface area (Å²) in [7, 11) is 0. The molecule has 2 fully saturated rings. The van der Waals surface area contributed by atoms with E-state index in [1.54, 1.807) is 6.92 Å². The Kier molecular flexibility index (Phi) is 4.85. The Bertz CT molecular complexity index is 604. The Morgan fingerprint density at radius 3 is 2.62 bits per heavy atom. The van der Waals surface area contributed by atoms with Crippen molar-refractivity contribution in [2.75, 3.05) is 26.2 Å². The number of nitrogens with one attached hydrogen (secondary N) is 1. The fourth-order valence-corrected chi connectivity index (χ4v) is 3.73. The maximum Gasteiger partial charge on any atom is 0.265 e. The van der Waals surface area contributed by atoms with Crippen LogP contribution in [-0.4, -0.2) is 42.9 Å². The number of amides is 1. The van der Waals surface area contributed by atoms with E-state index in [1.165, 1.54) is 6.07 Å². The number of halogens is 3.